The maximum absolute atomic E-state index is 12.9. The van der Waals surface area contributed by atoms with Crippen LogP contribution < -0.4 is 5.32 Å². The number of aromatic nitrogens is 2. The second-order valence-electron chi connectivity index (χ2n) is 7.59. The molecule has 0 bridgehead atoms. The zero-order chi connectivity index (χ0) is 23.5. The lowest BCUT2D eigenvalue weighted by Crippen LogP contribution is -2.38. The Morgan fingerprint density at radius 3 is 2.85 bits per heavy atom. The normalized spacial score (nSPS) is 15.7. The van der Waals surface area contributed by atoms with Gasteiger partial charge in [0.25, 0.3) is 12.3 Å². The van der Waals surface area contributed by atoms with E-state index in [1.54, 1.807) is 27.7 Å². The lowest BCUT2D eigenvalue weighted by atomic mass is 10.2. The molecule has 1 unspecified atom stereocenters. The highest BCUT2D eigenvalue weighted by molar-refractivity contribution is 7.14. The largest absolute Gasteiger partial charge is 0.337 e. The molecule has 0 radical (unpaired) electrons. The van der Waals surface area contributed by atoms with Crippen molar-refractivity contribution in [1.29, 1.82) is 5.26 Å². The molecule has 2 amide bonds. The van der Waals surface area contributed by atoms with E-state index in [1.807, 2.05) is 6.07 Å². The maximum atomic E-state index is 12.9. The molecule has 33 heavy (non-hydrogen) atoms. The number of nitrogens with one attached hydrogen (secondary N) is 1. The van der Waals surface area contributed by atoms with Crippen LogP contribution in [0.2, 0.25) is 0 Å². The summed E-state index contributed by atoms with van der Waals surface area (Å²) in [5, 5.41) is 11.6. The predicted octanol–water partition coefficient (Wildman–Crippen LogP) is 4.00. The van der Waals surface area contributed by atoms with Crippen LogP contribution in [0.15, 0.2) is 30.3 Å². The summed E-state index contributed by atoms with van der Waals surface area (Å²) in [6.07, 6.45) is -0.695. The van der Waals surface area contributed by atoms with Crippen LogP contribution >= 0.6 is 11.3 Å². The summed E-state index contributed by atoms with van der Waals surface area (Å²) in [6.45, 7) is 0.822. The number of carbonyl (C=O) groups excluding carboxylic acids is 3. The van der Waals surface area contributed by atoms with Crippen LogP contribution in [-0.4, -0.2) is 45.1 Å². The average molecular weight is 471 g/mol. The molecule has 3 aromatic rings. The van der Waals surface area contributed by atoms with Crippen LogP contribution in [0.25, 0.3) is 11.0 Å². The number of imidazole rings is 1. The van der Waals surface area contributed by atoms with Crippen molar-refractivity contribution >= 4 is 46.4 Å². The van der Waals surface area contributed by atoms with Gasteiger partial charge in [0.05, 0.1) is 26.9 Å². The first-order chi connectivity index (χ1) is 15.9. The van der Waals surface area contributed by atoms with E-state index in [0.29, 0.717) is 47.2 Å². The molecule has 170 valence electrons. The van der Waals surface area contributed by atoms with Gasteiger partial charge in [0.2, 0.25) is 11.9 Å². The van der Waals surface area contributed by atoms with Crippen molar-refractivity contribution < 1.29 is 23.2 Å². The average Bonchev–Trinajstić information content (AvgIpc) is 3.53. The van der Waals surface area contributed by atoms with Crippen molar-refractivity contribution in [3.05, 3.63) is 45.6 Å². The molecule has 3 heterocycles. The number of nitriles is 1. The minimum absolute atomic E-state index is 0.115. The van der Waals surface area contributed by atoms with Gasteiger partial charge in [0.1, 0.15) is 12.7 Å². The predicted molar refractivity (Wildman–Crippen MR) is 117 cm³/mol. The molecule has 4 rings (SSSR count). The standard InChI is InChI=1S/C22H19F2N5O3S/c23-20(24)17-5-6-18(33-17)21(32)27-22-26-15-4-3-13(12-30)10-16(15)29(22)11-14-2-1-9-28(14)19(31)7-8-25/h3-6,10,12,14,20H,1-2,7,9,11H2,(H,26,27,32). The van der Waals surface area contributed by atoms with Gasteiger partial charge in [-0.15, -0.1) is 11.3 Å². The number of nitrogens with zero attached hydrogens (tertiary/aromatic N) is 4. The highest BCUT2D eigenvalue weighted by atomic mass is 32.1. The van der Waals surface area contributed by atoms with Gasteiger partial charge in [0, 0.05) is 24.7 Å². The molecule has 8 nitrogen and oxygen atoms in total. The van der Waals surface area contributed by atoms with Gasteiger partial charge in [-0.1, -0.05) is 0 Å². The summed E-state index contributed by atoms with van der Waals surface area (Å²) < 4.78 is 27.5. The zero-order valence-corrected chi connectivity index (χ0v) is 18.1. The SMILES string of the molecule is N#CCC(=O)N1CCCC1Cn1c(NC(=O)c2ccc(C(F)F)s2)nc2ccc(C=O)cc21. The lowest BCUT2D eigenvalue weighted by Gasteiger charge is -2.25. The third-order valence-corrected chi connectivity index (χ3v) is 6.61. The van der Waals surface area contributed by atoms with E-state index in [4.69, 9.17) is 5.26 Å². The highest BCUT2D eigenvalue weighted by Gasteiger charge is 2.30. The van der Waals surface area contributed by atoms with Gasteiger partial charge < -0.3 is 9.47 Å². The Morgan fingerprint density at radius 1 is 1.33 bits per heavy atom. The topological polar surface area (TPSA) is 108 Å². The number of fused-ring (bicyclic) bond motifs is 1. The molecule has 11 heteroatoms. The molecule has 1 N–H and O–H groups in total. The van der Waals surface area contributed by atoms with Gasteiger partial charge in [0.15, 0.2) is 0 Å². The summed E-state index contributed by atoms with van der Waals surface area (Å²) in [5.41, 5.74) is 1.54. The number of anilines is 1. The zero-order valence-electron chi connectivity index (χ0n) is 17.3. The second-order valence-corrected chi connectivity index (χ2v) is 8.70. The fourth-order valence-electron chi connectivity index (χ4n) is 3.98. The number of thiophene rings is 1. The first-order valence-corrected chi connectivity index (χ1v) is 11.0. The van der Waals surface area contributed by atoms with E-state index in [2.05, 4.69) is 10.3 Å². The summed E-state index contributed by atoms with van der Waals surface area (Å²) >= 11 is 0.701. The smallest absolute Gasteiger partial charge is 0.272 e. The number of alkyl halides is 2. The summed E-state index contributed by atoms with van der Waals surface area (Å²) in [7, 11) is 0. The molecule has 1 fully saturated rings. The minimum Gasteiger partial charge on any atom is -0.337 e. The van der Waals surface area contributed by atoms with Gasteiger partial charge >= 0.3 is 0 Å². The van der Waals surface area contributed by atoms with Crippen molar-refractivity contribution in [1.82, 2.24) is 14.5 Å². The molecular weight excluding hydrogens is 452 g/mol. The van der Waals surface area contributed by atoms with Crippen molar-refractivity contribution in [3.63, 3.8) is 0 Å². The molecule has 2 aromatic heterocycles. The lowest BCUT2D eigenvalue weighted by molar-refractivity contribution is -0.131. The molecule has 0 spiro atoms. The van der Waals surface area contributed by atoms with Gasteiger partial charge in [-0.05, 0) is 43.2 Å². The van der Waals surface area contributed by atoms with Crippen LogP contribution in [0.3, 0.4) is 0 Å². The number of benzene rings is 1. The third kappa shape index (κ3) is 4.61. The summed E-state index contributed by atoms with van der Waals surface area (Å²) in [5.74, 6) is -0.658. The van der Waals surface area contributed by atoms with E-state index in [1.165, 1.54) is 12.1 Å². The monoisotopic (exact) mass is 471 g/mol. The van der Waals surface area contributed by atoms with E-state index < -0.39 is 12.3 Å². The van der Waals surface area contributed by atoms with Crippen molar-refractivity contribution in [2.24, 2.45) is 0 Å². The number of hydrogen-bond donors (Lipinski definition) is 1. The van der Waals surface area contributed by atoms with E-state index >= 15 is 0 Å². The van der Waals surface area contributed by atoms with Crippen LogP contribution in [0.5, 0.6) is 0 Å². The van der Waals surface area contributed by atoms with Gasteiger partial charge in [-0.2, -0.15) is 5.26 Å². The number of rotatable bonds is 7. The first-order valence-electron chi connectivity index (χ1n) is 10.2. The van der Waals surface area contributed by atoms with Crippen LogP contribution in [-0.2, 0) is 11.3 Å². The summed E-state index contributed by atoms with van der Waals surface area (Å²) in [4.78, 5) is 42.4. The van der Waals surface area contributed by atoms with Crippen molar-refractivity contribution in [2.75, 3.05) is 11.9 Å². The Kier molecular flexibility index (Phi) is 6.46. The fraction of sp³-hybridized carbons (Fsp3) is 0.318. The van der Waals surface area contributed by atoms with Crippen LogP contribution in [0, 0.1) is 11.3 Å². The Bertz CT molecular complexity index is 1260. The van der Waals surface area contributed by atoms with Crippen LogP contribution in [0.4, 0.5) is 14.7 Å². The number of amides is 2. The van der Waals surface area contributed by atoms with Crippen molar-refractivity contribution in [2.45, 2.75) is 38.3 Å². The maximum Gasteiger partial charge on any atom is 0.272 e. The highest BCUT2D eigenvalue weighted by Crippen LogP contribution is 2.29. The molecule has 1 atom stereocenters. The Balaban J connectivity index is 1.68. The first kappa shape index (κ1) is 22.5. The number of aldehydes is 1. The van der Waals surface area contributed by atoms with Gasteiger partial charge in [-0.25, -0.2) is 13.8 Å². The van der Waals surface area contributed by atoms with Crippen molar-refractivity contribution in [3.8, 4) is 6.07 Å². The van der Waals surface area contributed by atoms with E-state index in [-0.39, 0.29) is 40.6 Å². The molecule has 1 aliphatic rings. The Hall–Kier alpha value is -3.65. The third-order valence-electron chi connectivity index (χ3n) is 5.52. The van der Waals surface area contributed by atoms with E-state index in [0.717, 1.165) is 6.42 Å². The second kappa shape index (κ2) is 9.46. The molecule has 1 saturated heterocycles. The Labute approximate surface area is 191 Å². The molecular formula is C22H19F2N5O3S. The fourth-order valence-corrected chi connectivity index (χ4v) is 4.74. The molecule has 1 aliphatic heterocycles. The number of halogens is 2. The van der Waals surface area contributed by atoms with E-state index in [9.17, 15) is 23.2 Å². The molecule has 0 aliphatic carbocycles. The van der Waals surface area contributed by atoms with Gasteiger partial charge in [-0.3, -0.25) is 19.7 Å². The number of carbonyl (C=O) groups is 3. The number of hydrogen-bond acceptors (Lipinski definition) is 6. The quantitative estimate of drug-likeness (QED) is 0.524. The van der Waals surface area contributed by atoms with Crippen LogP contribution in [0.1, 0.15) is 50.6 Å². The summed E-state index contributed by atoms with van der Waals surface area (Å²) in [6, 6.07) is 9.09. The molecule has 1 aromatic carbocycles. The molecule has 0 saturated carbocycles. The Morgan fingerprint density at radius 2 is 2.15 bits per heavy atom. The minimum atomic E-state index is -2.66. The number of likely N-dealkylation sites (tertiary alicyclic amines) is 1.